The van der Waals surface area contributed by atoms with Gasteiger partial charge in [0.2, 0.25) is 0 Å². The average molecular weight is 242 g/mol. The van der Waals surface area contributed by atoms with Crippen molar-refractivity contribution in [2.45, 2.75) is 20.0 Å². The zero-order valence-electron chi connectivity index (χ0n) is 10.2. The number of halogens is 1. The summed E-state index contributed by atoms with van der Waals surface area (Å²) < 4.78 is 28.5. The van der Waals surface area contributed by atoms with Crippen molar-refractivity contribution in [1.29, 1.82) is 0 Å². The minimum Gasteiger partial charge on any atom is -0.493 e. The van der Waals surface area contributed by atoms with Crippen LogP contribution in [0.25, 0.3) is 0 Å². The Morgan fingerprint density at radius 1 is 1.29 bits per heavy atom. The second-order valence-corrected chi connectivity index (χ2v) is 3.65. The molecule has 0 bridgehead atoms. The molecule has 5 heteroatoms. The molecule has 0 atom stereocenters. The smallest absolute Gasteiger partial charge is 0.338 e. The lowest BCUT2D eigenvalue weighted by atomic mass is 10.2. The van der Waals surface area contributed by atoms with Gasteiger partial charge in [-0.3, -0.25) is 0 Å². The fraction of sp³-hybridized carbons (Fsp3) is 0.417. The molecule has 17 heavy (non-hydrogen) atoms. The molecule has 1 aromatic carbocycles. The molecular weight excluding hydrogens is 227 g/mol. The largest absolute Gasteiger partial charge is 0.493 e. The first-order chi connectivity index (χ1) is 7.99. The van der Waals surface area contributed by atoms with E-state index in [-0.39, 0.29) is 23.2 Å². The maximum Gasteiger partial charge on any atom is 0.338 e. The number of methoxy groups -OCH3 is 2. The van der Waals surface area contributed by atoms with Gasteiger partial charge in [-0.25, -0.2) is 9.18 Å². The van der Waals surface area contributed by atoms with E-state index in [0.717, 1.165) is 6.07 Å². The zero-order chi connectivity index (χ0) is 13.0. The Balaban J connectivity index is 3.20. The number of hydrogen-bond acceptors (Lipinski definition) is 4. The van der Waals surface area contributed by atoms with Crippen LogP contribution in [-0.4, -0.2) is 26.3 Å². The fourth-order valence-electron chi connectivity index (χ4n) is 1.31. The van der Waals surface area contributed by atoms with E-state index in [1.54, 1.807) is 13.8 Å². The molecule has 0 aliphatic carbocycles. The summed E-state index contributed by atoms with van der Waals surface area (Å²) in [6.45, 7) is 3.54. The van der Waals surface area contributed by atoms with Gasteiger partial charge in [-0.05, 0) is 26.0 Å². The van der Waals surface area contributed by atoms with Gasteiger partial charge in [0.1, 0.15) is 0 Å². The van der Waals surface area contributed by atoms with Gasteiger partial charge in [0, 0.05) is 0 Å². The summed E-state index contributed by atoms with van der Waals surface area (Å²) in [6, 6.07) is 2.44. The van der Waals surface area contributed by atoms with Crippen molar-refractivity contribution in [3.05, 3.63) is 23.5 Å². The molecule has 0 fully saturated rings. The molecule has 0 saturated carbocycles. The second kappa shape index (κ2) is 5.52. The molecule has 0 spiro atoms. The van der Waals surface area contributed by atoms with Crippen LogP contribution in [0.15, 0.2) is 12.1 Å². The van der Waals surface area contributed by atoms with E-state index in [4.69, 9.17) is 9.47 Å². The van der Waals surface area contributed by atoms with Crippen LogP contribution >= 0.6 is 0 Å². The van der Waals surface area contributed by atoms with Gasteiger partial charge in [0.25, 0.3) is 0 Å². The third-order valence-electron chi connectivity index (χ3n) is 2.00. The predicted octanol–water partition coefficient (Wildman–Crippen LogP) is 2.41. The second-order valence-electron chi connectivity index (χ2n) is 3.65. The number of benzene rings is 1. The van der Waals surface area contributed by atoms with E-state index >= 15 is 0 Å². The Hall–Kier alpha value is -1.78. The highest BCUT2D eigenvalue weighted by Crippen LogP contribution is 2.32. The Bertz CT molecular complexity index is 415. The SMILES string of the molecule is COC(=O)c1cc(F)c(OC(C)C)c(OC)c1. The first-order valence-corrected chi connectivity index (χ1v) is 5.12. The van der Waals surface area contributed by atoms with Gasteiger partial charge >= 0.3 is 5.97 Å². The lowest BCUT2D eigenvalue weighted by molar-refractivity contribution is 0.0599. The van der Waals surface area contributed by atoms with Crippen LogP contribution in [0.1, 0.15) is 24.2 Å². The number of rotatable bonds is 4. The summed E-state index contributed by atoms with van der Waals surface area (Å²) in [4.78, 5) is 11.3. The molecule has 0 saturated heterocycles. The summed E-state index contributed by atoms with van der Waals surface area (Å²) >= 11 is 0. The van der Waals surface area contributed by atoms with Crippen molar-refractivity contribution in [2.24, 2.45) is 0 Å². The fourth-order valence-corrected chi connectivity index (χ4v) is 1.31. The van der Waals surface area contributed by atoms with Gasteiger partial charge < -0.3 is 14.2 Å². The summed E-state index contributed by atoms with van der Waals surface area (Å²) in [5.74, 6) is -1.12. The van der Waals surface area contributed by atoms with Gasteiger partial charge in [0.05, 0.1) is 25.9 Å². The number of carbonyl (C=O) groups is 1. The standard InChI is InChI=1S/C12H15FO4/c1-7(2)17-11-9(13)5-8(12(14)16-4)6-10(11)15-3/h5-7H,1-4H3. The Morgan fingerprint density at radius 2 is 1.94 bits per heavy atom. The minimum atomic E-state index is -0.654. The van der Waals surface area contributed by atoms with Crippen molar-refractivity contribution in [2.75, 3.05) is 14.2 Å². The van der Waals surface area contributed by atoms with Gasteiger partial charge in [-0.2, -0.15) is 0 Å². The van der Waals surface area contributed by atoms with Gasteiger partial charge in [0.15, 0.2) is 17.3 Å². The number of hydrogen-bond donors (Lipinski definition) is 0. The van der Waals surface area contributed by atoms with Crippen LogP contribution in [0, 0.1) is 5.82 Å². The van der Waals surface area contributed by atoms with E-state index < -0.39 is 11.8 Å². The van der Waals surface area contributed by atoms with Crippen LogP contribution in [-0.2, 0) is 4.74 Å². The topological polar surface area (TPSA) is 44.8 Å². The summed E-state index contributed by atoms with van der Waals surface area (Å²) in [5, 5.41) is 0. The van der Waals surface area contributed by atoms with Crippen LogP contribution in [0.5, 0.6) is 11.5 Å². The maximum absolute atomic E-state index is 13.7. The van der Waals surface area contributed by atoms with Gasteiger partial charge in [-0.1, -0.05) is 0 Å². The van der Waals surface area contributed by atoms with E-state index in [0.29, 0.717) is 0 Å². The highest BCUT2D eigenvalue weighted by molar-refractivity contribution is 5.90. The van der Waals surface area contributed by atoms with Crippen molar-refractivity contribution < 1.29 is 23.4 Å². The van der Waals surface area contributed by atoms with Crippen molar-refractivity contribution >= 4 is 5.97 Å². The van der Waals surface area contributed by atoms with E-state index in [2.05, 4.69) is 4.74 Å². The molecule has 0 amide bonds. The quantitative estimate of drug-likeness (QED) is 0.760. The molecule has 0 aromatic heterocycles. The van der Waals surface area contributed by atoms with Gasteiger partial charge in [-0.15, -0.1) is 0 Å². The number of ether oxygens (including phenoxy) is 3. The molecule has 0 radical (unpaired) electrons. The Kier molecular flexibility index (Phi) is 4.31. The van der Waals surface area contributed by atoms with E-state index in [9.17, 15) is 9.18 Å². The molecular formula is C12H15FO4. The summed E-state index contributed by atoms with van der Waals surface area (Å²) in [5.41, 5.74) is 0.0814. The molecule has 0 N–H and O–H groups in total. The highest BCUT2D eigenvalue weighted by atomic mass is 19.1. The Morgan fingerprint density at radius 3 is 2.41 bits per heavy atom. The third-order valence-corrected chi connectivity index (χ3v) is 2.00. The van der Waals surface area contributed by atoms with Crippen molar-refractivity contribution in [3.63, 3.8) is 0 Å². The summed E-state index contributed by atoms with van der Waals surface area (Å²) in [7, 11) is 2.61. The Labute approximate surface area is 99.3 Å². The monoisotopic (exact) mass is 242 g/mol. The van der Waals surface area contributed by atoms with Crippen molar-refractivity contribution in [3.8, 4) is 11.5 Å². The van der Waals surface area contributed by atoms with E-state index in [1.165, 1.54) is 20.3 Å². The first-order valence-electron chi connectivity index (χ1n) is 5.12. The van der Waals surface area contributed by atoms with Crippen LogP contribution in [0.3, 0.4) is 0 Å². The van der Waals surface area contributed by atoms with Crippen molar-refractivity contribution in [1.82, 2.24) is 0 Å². The molecule has 0 aliphatic rings. The molecule has 0 aliphatic heterocycles. The lowest BCUT2D eigenvalue weighted by Gasteiger charge is -2.15. The molecule has 1 aromatic rings. The average Bonchev–Trinajstić information content (AvgIpc) is 2.29. The number of carbonyl (C=O) groups excluding carboxylic acids is 1. The molecule has 4 nitrogen and oxygen atoms in total. The molecule has 94 valence electrons. The van der Waals surface area contributed by atoms with Crippen LogP contribution in [0.2, 0.25) is 0 Å². The first kappa shape index (κ1) is 13.3. The van der Waals surface area contributed by atoms with E-state index in [1.807, 2.05) is 0 Å². The third kappa shape index (κ3) is 3.09. The molecule has 1 rings (SSSR count). The minimum absolute atomic E-state index is 0.00449. The normalized spacial score (nSPS) is 10.2. The lowest BCUT2D eigenvalue weighted by Crippen LogP contribution is -2.10. The van der Waals surface area contributed by atoms with Crippen LogP contribution < -0.4 is 9.47 Å². The number of esters is 1. The molecule has 0 unspecified atom stereocenters. The molecule has 0 heterocycles. The summed E-state index contributed by atoms with van der Waals surface area (Å²) in [6.07, 6.45) is -0.192. The van der Waals surface area contributed by atoms with Crippen LogP contribution in [0.4, 0.5) is 4.39 Å². The zero-order valence-corrected chi connectivity index (χ0v) is 10.2. The highest BCUT2D eigenvalue weighted by Gasteiger charge is 2.18. The maximum atomic E-state index is 13.7. The predicted molar refractivity (Wildman–Crippen MR) is 60.1 cm³/mol.